The molecular weight excluding hydrogens is 186 g/mol. The van der Waals surface area contributed by atoms with Gasteiger partial charge in [0.25, 0.3) is 0 Å². The lowest BCUT2D eigenvalue weighted by molar-refractivity contribution is -0.136. The Hall–Kier alpha value is -2.04. The number of nitrogens with one attached hydrogen (secondary N) is 1. The van der Waals surface area contributed by atoms with Crippen molar-refractivity contribution in [2.75, 3.05) is 5.32 Å². The summed E-state index contributed by atoms with van der Waals surface area (Å²) in [7, 11) is 0. The van der Waals surface area contributed by atoms with Crippen molar-refractivity contribution in [2.45, 2.75) is 6.42 Å². The molecule has 0 unspecified atom stereocenters. The van der Waals surface area contributed by atoms with Crippen LogP contribution in [0.15, 0.2) is 24.3 Å². The van der Waals surface area contributed by atoms with Gasteiger partial charge in [-0.1, -0.05) is 12.1 Å². The topological polar surface area (TPSA) is 86.6 Å². The quantitative estimate of drug-likeness (QED) is 0.680. The Labute approximate surface area is 80.0 Å². The minimum atomic E-state index is -1.14. The fourth-order valence-corrected chi connectivity index (χ4v) is 1.00. The molecule has 0 saturated carbocycles. The molecule has 0 heterocycles. The Balaban J connectivity index is 2.68. The van der Waals surface area contributed by atoms with Crippen LogP contribution in [-0.4, -0.2) is 22.3 Å². The van der Waals surface area contributed by atoms with Crippen molar-refractivity contribution < 1.29 is 19.8 Å². The molecule has 1 rings (SSSR count). The van der Waals surface area contributed by atoms with Gasteiger partial charge in [-0.15, -0.1) is 0 Å². The highest BCUT2D eigenvalue weighted by molar-refractivity contribution is 5.82. The number of amides is 1. The highest BCUT2D eigenvalue weighted by atomic mass is 16.4. The second kappa shape index (κ2) is 4.27. The maximum Gasteiger partial charge on any atom is 0.409 e. The SMILES string of the molecule is O=C(O)Cc1ccc(NC(=O)O)cc1. The van der Waals surface area contributed by atoms with E-state index in [1.807, 2.05) is 0 Å². The van der Waals surface area contributed by atoms with Crippen molar-refractivity contribution in [3.8, 4) is 0 Å². The molecule has 5 heteroatoms. The molecule has 0 radical (unpaired) electrons. The molecule has 1 aromatic carbocycles. The molecule has 74 valence electrons. The lowest BCUT2D eigenvalue weighted by atomic mass is 10.1. The van der Waals surface area contributed by atoms with Crippen molar-refractivity contribution in [3.63, 3.8) is 0 Å². The summed E-state index contributed by atoms with van der Waals surface area (Å²) in [6, 6.07) is 6.18. The van der Waals surface area contributed by atoms with E-state index in [4.69, 9.17) is 10.2 Å². The zero-order valence-corrected chi connectivity index (χ0v) is 7.23. The number of benzene rings is 1. The number of anilines is 1. The summed E-state index contributed by atoms with van der Waals surface area (Å²) < 4.78 is 0. The molecule has 0 bridgehead atoms. The van der Waals surface area contributed by atoms with Gasteiger partial charge in [0.1, 0.15) is 0 Å². The minimum absolute atomic E-state index is 0.0622. The van der Waals surface area contributed by atoms with E-state index in [9.17, 15) is 9.59 Å². The van der Waals surface area contributed by atoms with Crippen LogP contribution in [0.25, 0.3) is 0 Å². The van der Waals surface area contributed by atoms with E-state index in [1.165, 1.54) is 12.1 Å². The predicted octanol–water partition coefficient (Wildman–Crippen LogP) is 1.40. The smallest absolute Gasteiger partial charge is 0.409 e. The largest absolute Gasteiger partial charge is 0.481 e. The fourth-order valence-electron chi connectivity index (χ4n) is 1.00. The van der Waals surface area contributed by atoms with Crippen LogP contribution in [0.1, 0.15) is 5.56 Å². The fraction of sp³-hybridized carbons (Fsp3) is 0.111. The molecule has 14 heavy (non-hydrogen) atoms. The molecule has 0 aromatic heterocycles. The number of aliphatic carboxylic acids is 1. The molecule has 1 amide bonds. The second-order valence-corrected chi connectivity index (χ2v) is 2.70. The Morgan fingerprint density at radius 2 is 1.71 bits per heavy atom. The van der Waals surface area contributed by atoms with Gasteiger partial charge in [-0.3, -0.25) is 10.1 Å². The van der Waals surface area contributed by atoms with Crippen molar-refractivity contribution in [1.82, 2.24) is 0 Å². The summed E-state index contributed by atoms with van der Waals surface area (Å²) in [5.74, 6) is -0.913. The summed E-state index contributed by atoms with van der Waals surface area (Å²) in [5, 5.41) is 19.0. The van der Waals surface area contributed by atoms with Gasteiger partial charge in [-0.05, 0) is 17.7 Å². The number of hydrogen-bond donors (Lipinski definition) is 3. The van der Waals surface area contributed by atoms with Crippen LogP contribution in [0.4, 0.5) is 10.5 Å². The van der Waals surface area contributed by atoms with E-state index in [0.29, 0.717) is 11.3 Å². The Bertz CT molecular complexity index is 309. The van der Waals surface area contributed by atoms with Gasteiger partial charge in [0.05, 0.1) is 6.42 Å². The first kappa shape index (κ1) is 10.0. The van der Waals surface area contributed by atoms with Crippen LogP contribution >= 0.6 is 0 Å². The molecule has 0 atom stereocenters. The van der Waals surface area contributed by atoms with Gasteiger partial charge >= 0.3 is 12.1 Å². The molecule has 0 aliphatic carbocycles. The number of hydrogen-bond acceptors (Lipinski definition) is 2. The number of carboxylic acid groups (broad SMARTS) is 2. The first-order valence-corrected chi connectivity index (χ1v) is 3.88. The van der Waals surface area contributed by atoms with Gasteiger partial charge in [-0.25, -0.2) is 4.79 Å². The normalized spacial score (nSPS) is 9.43. The van der Waals surface area contributed by atoms with Crippen LogP contribution in [-0.2, 0) is 11.2 Å². The molecule has 0 aliphatic heterocycles. The van der Waals surface area contributed by atoms with Gasteiger partial charge in [0.15, 0.2) is 0 Å². The maximum absolute atomic E-state index is 10.3. The van der Waals surface area contributed by atoms with Crippen molar-refractivity contribution >= 4 is 17.7 Å². The Kier molecular flexibility index (Phi) is 3.06. The summed E-state index contributed by atoms with van der Waals surface area (Å²) in [5.41, 5.74) is 1.06. The predicted molar refractivity (Wildman–Crippen MR) is 49.4 cm³/mol. The molecule has 1 aromatic rings. The number of carboxylic acids is 1. The van der Waals surface area contributed by atoms with Gasteiger partial charge in [0.2, 0.25) is 0 Å². The van der Waals surface area contributed by atoms with Crippen LogP contribution < -0.4 is 5.32 Å². The van der Waals surface area contributed by atoms with Gasteiger partial charge in [-0.2, -0.15) is 0 Å². The zero-order valence-electron chi connectivity index (χ0n) is 7.23. The zero-order chi connectivity index (χ0) is 10.6. The molecule has 0 spiro atoms. The summed E-state index contributed by atoms with van der Waals surface area (Å²) in [4.78, 5) is 20.5. The first-order valence-electron chi connectivity index (χ1n) is 3.88. The van der Waals surface area contributed by atoms with Crippen LogP contribution in [0.2, 0.25) is 0 Å². The Morgan fingerprint density at radius 1 is 1.14 bits per heavy atom. The molecular formula is C9H9NO4. The average Bonchev–Trinajstić information content (AvgIpc) is 2.06. The van der Waals surface area contributed by atoms with E-state index >= 15 is 0 Å². The summed E-state index contributed by atoms with van der Waals surface area (Å²) in [6.07, 6.45) is -1.20. The van der Waals surface area contributed by atoms with Crippen LogP contribution in [0.5, 0.6) is 0 Å². The Morgan fingerprint density at radius 3 is 2.14 bits per heavy atom. The van der Waals surface area contributed by atoms with Gasteiger partial charge < -0.3 is 10.2 Å². The maximum atomic E-state index is 10.3. The highest BCUT2D eigenvalue weighted by Gasteiger charge is 2.01. The third-order valence-corrected chi connectivity index (χ3v) is 1.56. The molecule has 3 N–H and O–H groups in total. The standard InChI is InChI=1S/C9H9NO4/c11-8(12)5-6-1-3-7(4-2-6)10-9(13)14/h1-4,10H,5H2,(H,11,12)(H,13,14). The third-order valence-electron chi connectivity index (χ3n) is 1.56. The second-order valence-electron chi connectivity index (χ2n) is 2.70. The van der Waals surface area contributed by atoms with Crippen LogP contribution in [0.3, 0.4) is 0 Å². The first-order chi connectivity index (χ1) is 6.58. The molecule has 5 nitrogen and oxygen atoms in total. The summed E-state index contributed by atoms with van der Waals surface area (Å²) in [6.45, 7) is 0. The molecule has 0 aliphatic rings. The van der Waals surface area contributed by atoms with Crippen molar-refractivity contribution in [2.24, 2.45) is 0 Å². The number of rotatable bonds is 3. The highest BCUT2D eigenvalue weighted by Crippen LogP contribution is 2.09. The van der Waals surface area contributed by atoms with Gasteiger partial charge in [0, 0.05) is 5.69 Å². The third kappa shape index (κ3) is 3.14. The molecule has 0 fully saturated rings. The van der Waals surface area contributed by atoms with Crippen molar-refractivity contribution in [3.05, 3.63) is 29.8 Å². The lowest BCUT2D eigenvalue weighted by Gasteiger charge is -2.01. The van der Waals surface area contributed by atoms with Crippen molar-refractivity contribution in [1.29, 1.82) is 0 Å². The average molecular weight is 195 g/mol. The van der Waals surface area contributed by atoms with Crippen LogP contribution in [0, 0.1) is 0 Å². The summed E-state index contributed by atoms with van der Waals surface area (Å²) >= 11 is 0. The lowest BCUT2D eigenvalue weighted by Crippen LogP contribution is -2.07. The minimum Gasteiger partial charge on any atom is -0.481 e. The van der Waals surface area contributed by atoms with E-state index in [-0.39, 0.29) is 6.42 Å². The van der Waals surface area contributed by atoms with E-state index in [1.54, 1.807) is 12.1 Å². The molecule has 0 saturated heterocycles. The van der Waals surface area contributed by atoms with E-state index < -0.39 is 12.1 Å². The van der Waals surface area contributed by atoms with E-state index in [2.05, 4.69) is 5.32 Å². The van der Waals surface area contributed by atoms with E-state index in [0.717, 1.165) is 0 Å². The monoisotopic (exact) mass is 195 g/mol. The number of carbonyl (C=O) groups is 2.